The summed E-state index contributed by atoms with van der Waals surface area (Å²) in [5.74, 6) is -0.730. The van der Waals surface area contributed by atoms with Gasteiger partial charge in [-0.25, -0.2) is 9.07 Å². The number of halogens is 1. The Morgan fingerprint density at radius 2 is 1.79 bits per heavy atom. The molecule has 0 saturated carbocycles. The van der Waals surface area contributed by atoms with Gasteiger partial charge in [-0.1, -0.05) is 13.8 Å². The summed E-state index contributed by atoms with van der Waals surface area (Å²) in [6.07, 6.45) is 1.47. The lowest BCUT2D eigenvalue weighted by molar-refractivity contribution is -0.123. The molecule has 0 fully saturated rings. The number of amides is 2. The second-order valence-corrected chi connectivity index (χ2v) is 5.73. The Hall–Kier alpha value is -2.70. The van der Waals surface area contributed by atoms with Crippen LogP contribution in [0.4, 0.5) is 4.39 Å². The van der Waals surface area contributed by atoms with E-state index >= 15 is 0 Å². The summed E-state index contributed by atoms with van der Waals surface area (Å²) >= 11 is 0. The van der Waals surface area contributed by atoms with Gasteiger partial charge in [0.2, 0.25) is 5.91 Å². The van der Waals surface area contributed by atoms with Crippen LogP contribution >= 0.6 is 0 Å². The molecule has 0 aliphatic heterocycles. The van der Waals surface area contributed by atoms with Gasteiger partial charge in [-0.3, -0.25) is 9.59 Å². The van der Waals surface area contributed by atoms with E-state index in [-0.39, 0.29) is 23.5 Å². The van der Waals surface area contributed by atoms with E-state index in [1.54, 1.807) is 37.6 Å². The molecular formula is C17H21FN4O2. The lowest BCUT2D eigenvalue weighted by atomic mass is 10.2. The molecule has 0 aliphatic carbocycles. The summed E-state index contributed by atoms with van der Waals surface area (Å²) in [7, 11) is 0. The van der Waals surface area contributed by atoms with Crippen LogP contribution in [0.1, 0.15) is 29.9 Å². The number of hydrogen-bond donors (Lipinski definition) is 2. The second kappa shape index (κ2) is 7.72. The minimum absolute atomic E-state index is 0.0513. The molecular weight excluding hydrogens is 311 g/mol. The number of benzene rings is 1. The van der Waals surface area contributed by atoms with Gasteiger partial charge in [-0.15, -0.1) is 0 Å². The standard InChI is InChI=1S/C17H21FN4O2/c1-11(2)16(23)19-8-9-20-17(24)15-10-21-22(12(15)3)14-6-4-13(18)5-7-14/h4-7,10-11H,8-9H2,1-3H3,(H,19,23)(H,20,24). The molecule has 1 aromatic carbocycles. The molecule has 0 saturated heterocycles. The predicted molar refractivity (Wildman–Crippen MR) is 88.4 cm³/mol. The minimum atomic E-state index is -0.329. The summed E-state index contributed by atoms with van der Waals surface area (Å²) in [5.41, 5.74) is 1.77. The topological polar surface area (TPSA) is 76.0 Å². The molecule has 2 N–H and O–H groups in total. The highest BCUT2D eigenvalue weighted by atomic mass is 19.1. The molecule has 0 aliphatic rings. The Balaban J connectivity index is 1.96. The summed E-state index contributed by atoms with van der Waals surface area (Å²) in [6, 6.07) is 5.87. The van der Waals surface area contributed by atoms with Crippen LogP contribution in [0.15, 0.2) is 30.5 Å². The molecule has 6 nitrogen and oxygen atoms in total. The van der Waals surface area contributed by atoms with Gasteiger partial charge in [0.15, 0.2) is 0 Å². The van der Waals surface area contributed by atoms with Crippen molar-refractivity contribution in [2.45, 2.75) is 20.8 Å². The Morgan fingerprint density at radius 1 is 1.17 bits per heavy atom. The molecule has 1 heterocycles. The van der Waals surface area contributed by atoms with Crippen LogP contribution in [-0.2, 0) is 4.79 Å². The van der Waals surface area contributed by atoms with E-state index < -0.39 is 0 Å². The molecule has 24 heavy (non-hydrogen) atoms. The van der Waals surface area contributed by atoms with Gasteiger partial charge in [-0.2, -0.15) is 5.10 Å². The third kappa shape index (κ3) is 4.18. The number of carbonyl (C=O) groups excluding carboxylic acids is 2. The molecule has 2 amide bonds. The summed E-state index contributed by atoms with van der Waals surface area (Å²) in [5, 5.41) is 9.65. The normalized spacial score (nSPS) is 10.7. The molecule has 0 radical (unpaired) electrons. The number of carbonyl (C=O) groups is 2. The first-order valence-electron chi connectivity index (χ1n) is 7.76. The van der Waals surface area contributed by atoms with E-state index in [0.717, 1.165) is 0 Å². The maximum absolute atomic E-state index is 13.0. The summed E-state index contributed by atoms with van der Waals surface area (Å²) in [4.78, 5) is 23.6. The van der Waals surface area contributed by atoms with Crippen molar-refractivity contribution in [2.24, 2.45) is 5.92 Å². The number of aromatic nitrogens is 2. The number of hydrogen-bond acceptors (Lipinski definition) is 3. The van der Waals surface area contributed by atoms with Crippen molar-refractivity contribution in [3.8, 4) is 5.69 Å². The molecule has 0 spiro atoms. The monoisotopic (exact) mass is 332 g/mol. The first-order chi connectivity index (χ1) is 11.4. The fourth-order valence-corrected chi connectivity index (χ4v) is 2.14. The van der Waals surface area contributed by atoms with Crippen LogP contribution in [-0.4, -0.2) is 34.7 Å². The predicted octanol–water partition coefficient (Wildman–Crippen LogP) is 1.82. The SMILES string of the molecule is Cc1c(C(=O)NCCNC(=O)C(C)C)cnn1-c1ccc(F)cc1. The first-order valence-corrected chi connectivity index (χ1v) is 7.76. The molecule has 2 aromatic rings. The molecule has 128 valence electrons. The zero-order valence-electron chi connectivity index (χ0n) is 14.0. The van der Waals surface area contributed by atoms with E-state index in [0.29, 0.717) is 30.0 Å². The van der Waals surface area contributed by atoms with E-state index in [4.69, 9.17) is 0 Å². The van der Waals surface area contributed by atoms with Gasteiger partial charge >= 0.3 is 0 Å². The van der Waals surface area contributed by atoms with E-state index in [2.05, 4.69) is 15.7 Å². The minimum Gasteiger partial charge on any atom is -0.354 e. The van der Waals surface area contributed by atoms with Gasteiger partial charge in [-0.05, 0) is 31.2 Å². The fraction of sp³-hybridized carbons (Fsp3) is 0.353. The Labute approximate surface area is 140 Å². The van der Waals surface area contributed by atoms with Crippen LogP contribution in [0.3, 0.4) is 0 Å². The van der Waals surface area contributed by atoms with Crippen molar-refractivity contribution < 1.29 is 14.0 Å². The van der Waals surface area contributed by atoms with Gasteiger partial charge in [0.1, 0.15) is 5.82 Å². The smallest absolute Gasteiger partial charge is 0.254 e. The quantitative estimate of drug-likeness (QED) is 0.792. The number of rotatable bonds is 6. The zero-order valence-corrected chi connectivity index (χ0v) is 14.0. The van der Waals surface area contributed by atoms with Gasteiger partial charge in [0.05, 0.1) is 23.1 Å². The molecule has 1 aromatic heterocycles. The van der Waals surface area contributed by atoms with E-state index in [1.165, 1.54) is 18.3 Å². The van der Waals surface area contributed by atoms with Gasteiger partial charge in [0, 0.05) is 19.0 Å². The maximum atomic E-state index is 13.0. The highest BCUT2D eigenvalue weighted by Gasteiger charge is 2.15. The van der Waals surface area contributed by atoms with Crippen LogP contribution in [0.5, 0.6) is 0 Å². The third-order valence-corrected chi connectivity index (χ3v) is 3.56. The van der Waals surface area contributed by atoms with Crippen LogP contribution in [0.2, 0.25) is 0 Å². The van der Waals surface area contributed by atoms with Gasteiger partial charge < -0.3 is 10.6 Å². The zero-order chi connectivity index (χ0) is 17.7. The average molecular weight is 332 g/mol. The van der Waals surface area contributed by atoms with Crippen LogP contribution < -0.4 is 10.6 Å². The third-order valence-electron chi connectivity index (χ3n) is 3.56. The average Bonchev–Trinajstić information content (AvgIpc) is 2.93. The van der Waals surface area contributed by atoms with Crippen LogP contribution in [0, 0.1) is 18.7 Å². The molecule has 2 rings (SSSR count). The number of nitrogens with one attached hydrogen (secondary N) is 2. The largest absolute Gasteiger partial charge is 0.354 e. The highest BCUT2D eigenvalue weighted by molar-refractivity contribution is 5.95. The molecule has 0 bridgehead atoms. The van der Waals surface area contributed by atoms with Gasteiger partial charge in [0.25, 0.3) is 5.91 Å². The maximum Gasteiger partial charge on any atom is 0.254 e. The fourth-order valence-electron chi connectivity index (χ4n) is 2.14. The van der Waals surface area contributed by atoms with Crippen molar-refractivity contribution in [1.29, 1.82) is 0 Å². The second-order valence-electron chi connectivity index (χ2n) is 5.73. The van der Waals surface area contributed by atoms with E-state index in [9.17, 15) is 14.0 Å². The Kier molecular flexibility index (Phi) is 5.68. The van der Waals surface area contributed by atoms with Crippen molar-refractivity contribution >= 4 is 11.8 Å². The lowest BCUT2D eigenvalue weighted by Gasteiger charge is -2.09. The highest BCUT2D eigenvalue weighted by Crippen LogP contribution is 2.14. The molecule has 0 atom stereocenters. The van der Waals surface area contributed by atoms with Crippen molar-refractivity contribution in [1.82, 2.24) is 20.4 Å². The molecule has 7 heteroatoms. The summed E-state index contributed by atoms with van der Waals surface area (Å²) in [6.45, 7) is 6.08. The summed E-state index contributed by atoms with van der Waals surface area (Å²) < 4.78 is 14.6. The number of nitrogens with zero attached hydrogens (tertiary/aromatic N) is 2. The Bertz CT molecular complexity index is 723. The molecule has 0 unspecified atom stereocenters. The first kappa shape index (κ1) is 17.7. The Morgan fingerprint density at radius 3 is 2.42 bits per heavy atom. The van der Waals surface area contributed by atoms with Crippen molar-refractivity contribution in [2.75, 3.05) is 13.1 Å². The van der Waals surface area contributed by atoms with Crippen LogP contribution in [0.25, 0.3) is 5.69 Å². The lowest BCUT2D eigenvalue weighted by Crippen LogP contribution is -2.36. The van der Waals surface area contributed by atoms with E-state index in [1.807, 2.05) is 0 Å². The van der Waals surface area contributed by atoms with Crippen molar-refractivity contribution in [3.05, 3.63) is 47.5 Å². The van der Waals surface area contributed by atoms with Crippen molar-refractivity contribution in [3.63, 3.8) is 0 Å².